The molecular weight excluding hydrogens is 236 g/mol. The summed E-state index contributed by atoms with van der Waals surface area (Å²) in [5, 5.41) is 11.8. The molecule has 1 aliphatic rings. The molecule has 1 fully saturated rings. The molecule has 0 heterocycles. The number of carbonyl (C=O) groups excluding carboxylic acids is 1. The number of amides is 2. The van der Waals surface area contributed by atoms with E-state index in [9.17, 15) is 9.59 Å². The number of carboxylic acid groups (broad SMARTS) is 1. The van der Waals surface area contributed by atoms with Crippen molar-refractivity contribution in [3.63, 3.8) is 0 Å². The first-order valence-electron chi connectivity index (χ1n) is 6.32. The van der Waals surface area contributed by atoms with Crippen LogP contribution in [0.1, 0.15) is 26.2 Å². The van der Waals surface area contributed by atoms with Crippen LogP contribution in [-0.4, -0.2) is 55.4 Å². The molecule has 18 heavy (non-hydrogen) atoms. The van der Waals surface area contributed by atoms with Gasteiger partial charge in [-0.3, -0.25) is 4.79 Å². The zero-order chi connectivity index (χ0) is 13.6. The summed E-state index contributed by atoms with van der Waals surface area (Å²) in [6.07, 6.45) is 2.21. The summed E-state index contributed by atoms with van der Waals surface area (Å²) in [7, 11) is 1.67. The van der Waals surface area contributed by atoms with Gasteiger partial charge in [-0.25, -0.2) is 4.79 Å². The largest absolute Gasteiger partial charge is 0.481 e. The fraction of sp³-hybridized carbons (Fsp3) is 0.833. The van der Waals surface area contributed by atoms with Crippen LogP contribution in [0.3, 0.4) is 0 Å². The molecule has 0 spiro atoms. The number of nitrogens with one attached hydrogen (secondary N) is 1. The summed E-state index contributed by atoms with van der Waals surface area (Å²) in [5.41, 5.74) is -0.740. The van der Waals surface area contributed by atoms with Gasteiger partial charge in [0.05, 0.1) is 12.0 Å². The van der Waals surface area contributed by atoms with E-state index in [1.165, 1.54) is 4.90 Å². The maximum Gasteiger partial charge on any atom is 0.317 e. The topological polar surface area (TPSA) is 78.9 Å². The third-order valence-electron chi connectivity index (χ3n) is 3.46. The van der Waals surface area contributed by atoms with Crippen molar-refractivity contribution in [3.05, 3.63) is 0 Å². The van der Waals surface area contributed by atoms with E-state index < -0.39 is 11.4 Å². The number of likely N-dealkylation sites (N-methyl/N-ethyl adjacent to an activating group) is 1. The molecule has 0 aliphatic heterocycles. The van der Waals surface area contributed by atoms with Crippen molar-refractivity contribution in [2.75, 3.05) is 33.4 Å². The standard InChI is InChI=1S/C12H22N2O4/c1-3-18-8-7-14(2)11(17)13-9-12(10(15)16)5-4-6-12/h3-9H2,1-2H3,(H,13,17)(H,15,16). The van der Waals surface area contributed by atoms with Crippen molar-refractivity contribution in [2.45, 2.75) is 26.2 Å². The van der Waals surface area contributed by atoms with Crippen LogP contribution in [0, 0.1) is 5.41 Å². The van der Waals surface area contributed by atoms with E-state index in [-0.39, 0.29) is 12.6 Å². The van der Waals surface area contributed by atoms with Gasteiger partial charge in [0.1, 0.15) is 0 Å². The van der Waals surface area contributed by atoms with Crippen LogP contribution in [0.4, 0.5) is 4.79 Å². The van der Waals surface area contributed by atoms with Crippen molar-refractivity contribution in [2.24, 2.45) is 5.41 Å². The number of rotatable bonds is 7. The van der Waals surface area contributed by atoms with Crippen LogP contribution in [0.15, 0.2) is 0 Å². The first-order valence-corrected chi connectivity index (χ1v) is 6.32. The average Bonchev–Trinajstić information content (AvgIpc) is 2.27. The second kappa shape index (κ2) is 6.58. The Hall–Kier alpha value is -1.30. The fourth-order valence-electron chi connectivity index (χ4n) is 1.90. The number of urea groups is 1. The van der Waals surface area contributed by atoms with Crippen LogP contribution in [0.5, 0.6) is 0 Å². The minimum atomic E-state index is -0.814. The first kappa shape index (κ1) is 14.8. The van der Waals surface area contributed by atoms with Crippen molar-refractivity contribution in [3.8, 4) is 0 Å². The van der Waals surface area contributed by atoms with Gasteiger partial charge in [0.2, 0.25) is 0 Å². The maximum atomic E-state index is 11.7. The molecule has 0 bridgehead atoms. The van der Waals surface area contributed by atoms with E-state index in [1.54, 1.807) is 7.05 Å². The Morgan fingerprint density at radius 3 is 2.56 bits per heavy atom. The van der Waals surface area contributed by atoms with Crippen LogP contribution in [-0.2, 0) is 9.53 Å². The minimum absolute atomic E-state index is 0.208. The number of nitrogens with zero attached hydrogens (tertiary/aromatic N) is 1. The molecule has 0 aromatic heterocycles. The van der Waals surface area contributed by atoms with E-state index >= 15 is 0 Å². The number of ether oxygens (including phenoxy) is 1. The molecule has 1 saturated carbocycles. The summed E-state index contributed by atoms with van der Waals surface area (Å²) < 4.78 is 5.15. The molecule has 6 nitrogen and oxygen atoms in total. The Morgan fingerprint density at radius 1 is 1.44 bits per heavy atom. The van der Waals surface area contributed by atoms with Gasteiger partial charge < -0.3 is 20.1 Å². The number of carboxylic acids is 1. The zero-order valence-corrected chi connectivity index (χ0v) is 11.1. The van der Waals surface area contributed by atoms with Crippen LogP contribution >= 0.6 is 0 Å². The number of aliphatic carboxylic acids is 1. The van der Waals surface area contributed by atoms with Gasteiger partial charge in [0.15, 0.2) is 0 Å². The summed E-state index contributed by atoms with van der Waals surface area (Å²) in [5.74, 6) is -0.814. The number of carbonyl (C=O) groups is 2. The smallest absolute Gasteiger partial charge is 0.317 e. The van der Waals surface area contributed by atoms with Gasteiger partial charge in [-0.15, -0.1) is 0 Å². The van der Waals surface area contributed by atoms with E-state index in [0.29, 0.717) is 32.6 Å². The lowest BCUT2D eigenvalue weighted by Crippen LogP contribution is -2.50. The highest BCUT2D eigenvalue weighted by Crippen LogP contribution is 2.40. The molecule has 0 atom stereocenters. The van der Waals surface area contributed by atoms with Crippen molar-refractivity contribution < 1.29 is 19.4 Å². The summed E-state index contributed by atoms with van der Waals surface area (Å²) in [6, 6.07) is -0.248. The fourth-order valence-corrected chi connectivity index (χ4v) is 1.90. The van der Waals surface area contributed by atoms with Crippen LogP contribution < -0.4 is 5.32 Å². The second-order valence-corrected chi connectivity index (χ2v) is 4.72. The molecule has 2 amide bonds. The van der Waals surface area contributed by atoms with Crippen molar-refractivity contribution in [1.82, 2.24) is 10.2 Å². The quantitative estimate of drug-likeness (QED) is 0.665. The summed E-state index contributed by atoms with van der Waals surface area (Å²) in [4.78, 5) is 24.3. The maximum absolute atomic E-state index is 11.7. The van der Waals surface area contributed by atoms with Crippen LogP contribution in [0.2, 0.25) is 0 Å². The molecular formula is C12H22N2O4. The predicted octanol–water partition coefficient (Wildman–Crippen LogP) is 0.919. The van der Waals surface area contributed by atoms with E-state index in [4.69, 9.17) is 9.84 Å². The molecule has 1 rings (SSSR count). The van der Waals surface area contributed by atoms with Crippen molar-refractivity contribution in [1.29, 1.82) is 0 Å². The van der Waals surface area contributed by atoms with Crippen molar-refractivity contribution >= 4 is 12.0 Å². The lowest BCUT2D eigenvalue weighted by atomic mass is 9.69. The monoisotopic (exact) mass is 258 g/mol. The third-order valence-corrected chi connectivity index (χ3v) is 3.46. The Labute approximate surface area is 107 Å². The Morgan fingerprint density at radius 2 is 2.11 bits per heavy atom. The number of hydrogen-bond acceptors (Lipinski definition) is 3. The minimum Gasteiger partial charge on any atom is -0.481 e. The summed E-state index contributed by atoms with van der Waals surface area (Å²) >= 11 is 0. The molecule has 0 saturated heterocycles. The van der Waals surface area contributed by atoms with Gasteiger partial charge in [0, 0.05) is 26.7 Å². The second-order valence-electron chi connectivity index (χ2n) is 4.72. The molecule has 1 aliphatic carbocycles. The molecule has 0 radical (unpaired) electrons. The molecule has 0 aromatic rings. The molecule has 0 unspecified atom stereocenters. The van der Waals surface area contributed by atoms with Gasteiger partial charge in [0.25, 0.3) is 0 Å². The Balaban J connectivity index is 2.29. The highest BCUT2D eigenvalue weighted by molar-refractivity contribution is 5.78. The normalized spacial score (nSPS) is 16.8. The summed E-state index contributed by atoms with van der Waals surface area (Å²) in [6.45, 7) is 3.72. The Bertz CT molecular complexity index is 302. The van der Waals surface area contributed by atoms with E-state index in [2.05, 4.69) is 5.32 Å². The highest BCUT2D eigenvalue weighted by Gasteiger charge is 2.44. The van der Waals surface area contributed by atoms with Gasteiger partial charge >= 0.3 is 12.0 Å². The lowest BCUT2D eigenvalue weighted by Gasteiger charge is -2.37. The van der Waals surface area contributed by atoms with Crippen LogP contribution in [0.25, 0.3) is 0 Å². The number of hydrogen-bond donors (Lipinski definition) is 2. The average molecular weight is 258 g/mol. The first-order chi connectivity index (χ1) is 8.52. The van der Waals surface area contributed by atoms with E-state index in [0.717, 1.165) is 6.42 Å². The Kier molecular flexibility index (Phi) is 5.40. The molecule has 2 N–H and O–H groups in total. The lowest BCUT2D eigenvalue weighted by molar-refractivity contribution is -0.153. The molecule has 104 valence electrons. The molecule has 6 heteroatoms. The highest BCUT2D eigenvalue weighted by atomic mass is 16.5. The predicted molar refractivity (Wildman–Crippen MR) is 66.4 cm³/mol. The van der Waals surface area contributed by atoms with Gasteiger partial charge in [-0.1, -0.05) is 6.42 Å². The third kappa shape index (κ3) is 3.60. The SMILES string of the molecule is CCOCCN(C)C(=O)NCC1(C(=O)O)CCC1. The zero-order valence-electron chi connectivity index (χ0n) is 11.1. The molecule has 0 aromatic carbocycles. The van der Waals surface area contributed by atoms with Gasteiger partial charge in [-0.2, -0.15) is 0 Å². The van der Waals surface area contributed by atoms with E-state index in [1.807, 2.05) is 6.92 Å². The van der Waals surface area contributed by atoms with Gasteiger partial charge in [-0.05, 0) is 19.8 Å².